The van der Waals surface area contributed by atoms with Crippen LogP contribution in [0.1, 0.15) is 37.2 Å². The summed E-state index contributed by atoms with van der Waals surface area (Å²) >= 11 is 0. The number of nitrogens with zero attached hydrogens (tertiary/aromatic N) is 1. The fourth-order valence-corrected chi connectivity index (χ4v) is 3.38. The Morgan fingerprint density at radius 1 is 1.21 bits per heavy atom. The predicted molar refractivity (Wildman–Crippen MR) is 87.1 cm³/mol. The maximum Gasteiger partial charge on any atom is 0.305 e. The van der Waals surface area contributed by atoms with E-state index in [0.29, 0.717) is 26.2 Å². The first kappa shape index (κ1) is 16.8. The fraction of sp³-hybridized carbons (Fsp3) is 0.556. The zero-order chi connectivity index (χ0) is 16.9. The van der Waals surface area contributed by atoms with Gasteiger partial charge in [0, 0.05) is 25.3 Å². The van der Waals surface area contributed by atoms with Gasteiger partial charge in [0.1, 0.15) is 5.75 Å². The van der Waals surface area contributed by atoms with Gasteiger partial charge in [-0.15, -0.1) is 0 Å². The van der Waals surface area contributed by atoms with Crippen LogP contribution in [0.3, 0.4) is 0 Å². The molecule has 2 aliphatic rings. The molecule has 0 spiro atoms. The highest BCUT2D eigenvalue weighted by Gasteiger charge is 2.32. The topological polar surface area (TPSA) is 76.1 Å². The monoisotopic (exact) mass is 333 g/mol. The summed E-state index contributed by atoms with van der Waals surface area (Å²) < 4.78 is 11.3. The van der Waals surface area contributed by atoms with E-state index in [-0.39, 0.29) is 30.9 Å². The Labute approximate surface area is 141 Å². The van der Waals surface area contributed by atoms with Crippen LogP contribution in [0.2, 0.25) is 0 Å². The third kappa shape index (κ3) is 3.87. The van der Waals surface area contributed by atoms with Crippen molar-refractivity contribution in [3.8, 4) is 5.75 Å². The SMILES string of the molecule is O=C(O)CCN(C[C@H]1CCCO1)C(=O)[C@@H]1CCOc2ccccc21. The average Bonchev–Trinajstić information content (AvgIpc) is 3.10. The number of rotatable bonds is 6. The van der Waals surface area contributed by atoms with E-state index < -0.39 is 5.97 Å². The third-order valence-corrected chi connectivity index (χ3v) is 4.61. The summed E-state index contributed by atoms with van der Waals surface area (Å²) in [7, 11) is 0. The van der Waals surface area contributed by atoms with Crippen LogP contribution >= 0.6 is 0 Å². The van der Waals surface area contributed by atoms with Crippen LogP contribution in [0.4, 0.5) is 0 Å². The summed E-state index contributed by atoms with van der Waals surface area (Å²) in [6, 6.07) is 7.57. The quantitative estimate of drug-likeness (QED) is 0.862. The van der Waals surface area contributed by atoms with Crippen LogP contribution in [-0.4, -0.2) is 54.3 Å². The van der Waals surface area contributed by atoms with Crippen molar-refractivity contribution in [2.75, 3.05) is 26.3 Å². The molecule has 0 unspecified atom stereocenters. The van der Waals surface area contributed by atoms with Gasteiger partial charge in [-0.2, -0.15) is 0 Å². The van der Waals surface area contributed by atoms with Crippen molar-refractivity contribution in [3.05, 3.63) is 29.8 Å². The molecule has 6 heteroatoms. The molecule has 1 N–H and O–H groups in total. The van der Waals surface area contributed by atoms with Crippen LogP contribution in [-0.2, 0) is 14.3 Å². The zero-order valence-corrected chi connectivity index (χ0v) is 13.6. The Kier molecular flexibility index (Phi) is 5.35. The molecular formula is C18H23NO5. The number of fused-ring (bicyclic) bond motifs is 1. The normalized spacial score (nSPS) is 22.5. The molecule has 1 aromatic carbocycles. The number of hydrogen-bond donors (Lipinski definition) is 1. The molecule has 0 aromatic heterocycles. The highest BCUT2D eigenvalue weighted by atomic mass is 16.5. The van der Waals surface area contributed by atoms with Gasteiger partial charge in [-0.1, -0.05) is 18.2 Å². The number of aliphatic carboxylic acids is 1. The summed E-state index contributed by atoms with van der Waals surface area (Å²) in [6.07, 6.45) is 2.49. The molecule has 130 valence electrons. The zero-order valence-electron chi connectivity index (χ0n) is 13.6. The first-order chi connectivity index (χ1) is 11.6. The first-order valence-electron chi connectivity index (χ1n) is 8.49. The number of carboxylic acid groups (broad SMARTS) is 1. The molecule has 2 aliphatic heterocycles. The van der Waals surface area contributed by atoms with Crippen molar-refractivity contribution in [2.45, 2.75) is 37.7 Å². The van der Waals surface area contributed by atoms with Gasteiger partial charge in [0.25, 0.3) is 0 Å². The van der Waals surface area contributed by atoms with Gasteiger partial charge in [0.2, 0.25) is 5.91 Å². The molecule has 6 nitrogen and oxygen atoms in total. The number of hydrogen-bond acceptors (Lipinski definition) is 4. The molecule has 2 heterocycles. The lowest BCUT2D eigenvalue weighted by Crippen LogP contribution is -2.42. The number of carbonyl (C=O) groups is 2. The smallest absolute Gasteiger partial charge is 0.305 e. The molecule has 0 saturated carbocycles. The van der Waals surface area contributed by atoms with Crippen molar-refractivity contribution in [1.82, 2.24) is 4.90 Å². The minimum absolute atomic E-state index is 0.0119. The fourth-order valence-electron chi connectivity index (χ4n) is 3.38. The second-order valence-electron chi connectivity index (χ2n) is 6.29. The lowest BCUT2D eigenvalue weighted by molar-refractivity contribution is -0.139. The van der Waals surface area contributed by atoms with Crippen molar-refractivity contribution in [2.24, 2.45) is 0 Å². The lowest BCUT2D eigenvalue weighted by Gasteiger charge is -2.32. The minimum atomic E-state index is -0.896. The molecule has 1 fully saturated rings. The Morgan fingerprint density at radius 3 is 2.79 bits per heavy atom. The average molecular weight is 333 g/mol. The molecule has 24 heavy (non-hydrogen) atoms. The van der Waals surface area contributed by atoms with Crippen molar-refractivity contribution in [3.63, 3.8) is 0 Å². The van der Waals surface area contributed by atoms with Gasteiger partial charge in [-0.25, -0.2) is 0 Å². The van der Waals surface area contributed by atoms with E-state index in [1.54, 1.807) is 4.90 Å². The molecule has 0 aliphatic carbocycles. The van der Waals surface area contributed by atoms with E-state index in [2.05, 4.69) is 0 Å². The maximum absolute atomic E-state index is 13.1. The number of benzene rings is 1. The van der Waals surface area contributed by atoms with Crippen LogP contribution in [0.5, 0.6) is 5.75 Å². The Bertz CT molecular complexity index is 597. The summed E-state index contributed by atoms with van der Waals surface area (Å²) in [6.45, 7) is 1.89. The van der Waals surface area contributed by atoms with E-state index in [1.165, 1.54) is 0 Å². The Balaban J connectivity index is 1.75. The highest BCUT2D eigenvalue weighted by Crippen LogP contribution is 2.34. The second kappa shape index (κ2) is 7.66. The summed E-state index contributed by atoms with van der Waals surface area (Å²) in [5.41, 5.74) is 0.890. The van der Waals surface area contributed by atoms with E-state index in [4.69, 9.17) is 14.6 Å². The van der Waals surface area contributed by atoms with E-state index in [1.807, 2.05) is 24.3 Å². The number of ether oxygens (including phenoxy) is 2. The molecular weight excluding hydrogens is 310 g/mol. The molecule has 3 rings (SSSR count). The predicted octanol–water partition coefficient (Wildman–Crippen LogP) is 2.03. The summed E-state index contributed by atoms with van der Waals surface area (Å²) in [4.78, 5) is 25.7. The molecule has 1 amide bonds. The minimum Gasteiger partial charge on any atom is -0.493 e. The molecule has 1 saturated heterocycles. The number of amides is 1. The molecule has 1 aromatic rings. The van der Waals surface area contributed by atoms with Gasteiger partial charge >= 0.3 is 5.97 Å². The van der Waals surface area contributed by atoms with Gasteiger partial charge < -0.3 is 19.5 Å². The van der Waals surface area contributed by atoms with E-state index in [9.17, 15) is 9.59 Å². The summed E-state index contributed by atoms with van der Waals surface area (Å²) in [5.74, 6) is -0.447. The van der Waals surface area contributed by atoms with Crippen LogP contribution in [0.25, 0.3) is 0 Å². The maximum atomic E-state index is 13.1. The molecule has 0 radical (unpaired) electrons. The standard InChI is InChI=1S/C18H23NO5/c20-17(21)7-9-19(12-13-4-3-10-23-13)18(22)15-8-11-24-16-6-2-1-5-14(15)16/h1-2,5-6,13,15H,3-4,7-12H2,(H,20,21)/t13-,15-/m1/s1. The number of carbonyl (C=O) groups excluding carboxylic acids is 1. The Morgan fingerprint density at radius 2 is 2.04 bits per heavy atom. The number of carboxylic acids is 1. The van der Waals surface area contributed by atoms with Crippen molar-refractivity contribution < 1.29 is 24.2 Å². The van der Waals surface area contributed by atoms with Crippen LogP contribution < -0.4 is 4.74 Å². The van der Waals surface area contributed by atoms with Crippen LogP contribution in [0.15, 0.2) is 24.3 Å². The first-order valence-corrected chi connectivity index (χ1v) is 8.49. The van der Waals surface area contributed by atoms with E-state index in [0.717, 1.165) is 24.2 Å². The van der Waals surface area contributed by atoms with E-state index >= 15 is 0 Å². The van der Waals surface area contributed by atoms with Gasteiger partial charge in [0.05, 0.1) is 25.0 Å². The second-order valence-corrected chi connectivity index (χ2v) is 6.29. The van der Waals surface area contributed by atoms with Crippen molar-refractivity contribution >= 4 is 11.9 Å². The van der Waals surface area contributed by atoms with Gasteiger partial charge in [-0.05, 0) is 25.3 Å². The van der Waals surface area contributed by atoms with Gasteiger partial charge in [-0.3, -0.25) is 9.59 Å². The van der Waals surface area contributed by atoms with Crippen molar-refractivity contribution in [1.29, 1.82) is 0 Å². The third-order valence-electron chi connectivity index (χ3n) is 4.61. The lowest BCUT2D eigenvalue weighted by atomic mass is 9.91. The van der Waals surface area contributed by atoms with Gasteiger partial charge in [0.15, 0.2) is 0 Å². The molecule has 2 atom stereocenters. The number of para-hydroxylation sites is 1. The van der Waals surface area contributed by atoms with Crippen LogP contribution in [0, 0.1) is 0 Å². The highest BCUT2D eigenvalue weighted by molar-refractivity contribution is 5.85. The largest absolute Gasteiger partial charge is 0.493 e. The summed E-state index contributed by atoms with van der Waals surface area (Å²) in [5, 5.41) is 8.98. The molecule has 0 bridgehead atoms. The Hall–Kier alpha value is -2.08.